The molecule has 0 aromatic rings. The maximum Gasteiger partial charge on any atom is -0.0234 e. The summed E-state index contributed by atoms with van der Waals surface area (Å²) in [6, 6.07) is 0. The van der Waals surface area contributed by atoms with E-state index in [-0.39, 0.29) is 0 Å². The molecule has 0 heteroatoms. The third-order valence-corrected chi connectivity index (χ3v) is 17.1. The van der Waals surface area contributed by atoms with E-state index in [1.807, 2.05) is 0 Å². The molecule has 7 atom stereocenters. The lowest BCUT2D eigenvalue weighted by Gasteiger charge is -2.28. The SMILES string of the molecule is CC(C)C.CC1C=CCC(C)C1C.CC1CC(C)C(C)C1.CC1CC(C)CC(C)C1.CC1CCC(C)C1.CC1CCC(C)CC1.CC=C(CC)CC.CCC.CCC.CCC.CCC.CCC.CCC(C)C.CCC(C)CC.CCC(CC)CC. The van der Waals surface area contributed by atoms with E-state index in [1.165, 1.54) is 167 Å². The summed E-state index contributed by atoms with van der Waals surface area (Å²) < 4.78 is 0. The van der Waals surface area contributed by atoms with Crippen LogP contribution in [0.2, 0.25) is 0 Å². The molecule has 0 spiro atoms. The Kier molecular flexibility index (Phi) is 104. The molecule has 0 aliphatic heterocycles. The molecular weight excluding hydrogens is 1020 g/mol. The zero-order valence-electron chi connectivity index (χ0n) is 68.4. The molecule has 526 valence electrons. The maximum atomic E-state index is 2.38. The highest BCUT2D eigenvalue weighted by Gasteiger charge is 2.24. The minimum absolute atomic E-state index is 0.800. The molecule has 85 heavy (non-hydrogen) atoms. The lowest BCUT2D eigenvalue weighted by molar-refractivity contribution is 0.233. The molecular formula is C85H186. The van der Waals surface area contributed by atoms with Gasteiger partial charge in [0.2, 0.25) is 0 Å². The number of rotatable bonds is 8. The molecule has 5 aliphatic rings. The average molecular weight is 1210 g/mol. The van der Waals surface area contributed by atoms with Gasteiger partial charge in [-0.3, -0.25) is 0 Å². The Hall–Kier alpha value is -0.520. The van der Waals surface area contributed by atoms with Gasteiger partial charge < -0.3 is 0 Å². The second kappa shape index (κ2) is 83.5. The molecule has 5 aliphatic carbocycles. The number of hydrogen-bond donors (Lipinski definition) is 0. The van der Waals surface area contributed by atoms with Crippen LogP contribution in [0.1, 0.15) is 430 Å². The standard InChI is InChI=1S/C9H18.C9H16.2C8H16.C7H14.C7H16.C7H14.C6H14.C5H12.C4H10.5C3H8/c1-7-4-8(2)6-9(3)5-7;1-7-5-4-6-8(2)9(7)3;1-6-4-7(2)8(3)5-6;1-7-3-5-8(2)6-4-7;1-6-3-4-7(2)5-6;2*1-4-7(5-2)6-3;1-4-6(3)5-2;1-4-5(2)3;1-4(2)3;5*1-3-2/h7-9H,4-6H2,1-3H3;4-5,7-9H,6H2,1-3H3;6-8H,4-5H2,1-3H3;7-8H,3-6H2,1-2H3;6-7H,3-5H2,1-2H3;7H,4-6H2,1-3H3;4H,5-6H2,1-3H3;6H,4-5H2,1-3H3;5H,4H2,1-3H3;4H,1-3H3;5*3H2,1-2H3. The molecule has 0 saturated heterocycles. The van der Waals surface area contributed by atoms with Gasteiger partial charge in [0, 0.05) is 0 Å². The number of hydrogen-bond acceptors (Lipinski definition) is 0. The van der Waals surface area contributed by atoms with E-state index in [9.17, 15) is 0 Å². The quantitative estimate of drug-likeness (QED) is 0.213. The van der Waals surface area contributed by atoms with E-state index in [1.54, 1.807) is 5.57 Å². The molecule has 0 bridgehead atoms. The van der Waals surface area contributed by atoms with Gasteiger partial charge in [0.05, 0.1) is 0 Å². The molecule has 0 heterocycles. The molecule has 0 aromatic heterocycles. The molecule has 7 unspecified atom stereocenters. The summed E-state index contributed by atoms with van der Waals surface area (Å²) >= 11 is 0. The maximum absolute atomic E-state index is 2.38. The van der Waals surface area contributed by atoms with E-state index in [0.29, 0.717) is 0 Å². The first-order valence-electron chi connectivity index (χ1n) is 39.1. The molecule has 4 saturated carbocycles. The van der Waals surface area contributed by atoms with Gasteiger partial charge in [0.15, 0.2) is 0 Å². The molecule has 0 radical (unpaired) electrons. The van der Waals surface area contributed by atoms with Crippen LogP contribution in [-0.4, -0.2) is 0 Å². The summed E-state index contributed by atoms with van der Waals surface area (Å²) in [7, 11) is 0. The smallest absolute Gasteiger partial charge is 0.0234 e. The Bertz CT molecular complexity index is 1060. The van der Waals surface area contributed by atoms with Gasteiger partial charge in [-0.15, -0.1) is 0 Å². The van der Waals surface area contributed by atoms with Crippen LogP contribution in [0.4, 0.5) is 0 Å². The van der Waals surface area contributed by atoms with Crippen LogP contribution >= 0.6 is 0 Å². The molecule has 0 N–H and O–H groups in total. The molecule has 5 rings (SSSR count). The minimum Gasteiger partial charge on any atom is -0.0885 e. The van der Waals surface area contributed by atoms with Crippen molar-refractivity contribution in [2.45, 2.75) is 430 Å². The first-order chi connectivity index (χ1) is 39.7. The second-order valence-electron chi connectivity index (χ2n) is 30.0. The van der Waals surface area contributed by atoms with E-state index in [4.69, 9.17) is 0 Å². The van der Waals surface area contributed by atoms with Crippen LogP contribution in [0.25, 0.3) is 0 Å². The highest BCUT2D eigenvalue weighted by Crippen LogP contribution is 2.35. The molecule has 0 amide bonds. The summed E-state index contributed by atoms with van der Waals surface area (Å²) in [6.07, 6.45) is 42.5. The highest BCUT2D eigenvalue weighted by molar-refractivity contribution is 4.97. The van der Waals surface area contributed by atoms with Crippen molar-refractivity contribution in [1.29, 1.82) is 0 Å². The van der Waals surface area contributed by atoms with Gasteiger partial charge in [-0.1, -0.05) is 389 Å². The van der Waals surface area contributed by atoms with E-state index in [2.05, 4.69) is 281 Å². The van der Waals surface area contributed by atoms with Crippen molar-refractivity contribution in [1.82, 2.24) is 0 Å². The topological polar surface area (TPSA) is 0 Å². The van der Waals surface area contributed by atoms with Crippen molar-refractivity contribution in [2.75, 3.05) is 0 Å². The summed E-state index contributed by atoms with van der Waals surface area (Å²) in [5.74, 6) is 16.3. The van der Waals surface area contributed by atoms with Crippen LogP contribution in [0.5, 0.6) is 0 Å². The zero-order valence-corrected chi connectivity index (χ0v) is 68.4. The van der Waals surface area contributed by atoms with Crippen LogP contribution in [0, 0.1) is 101 Å². The number of allylic oxidation sites excluding steroid dienone is 4. The highest BCUT2D eigenvalue weighted by atomic mass is 14.3. The summed E-state index contributed by atoms with van der Waals surface area (Å²) in [5.41, 5.74) is 1.56. The fraction of sp³-hybridized carbons (Fsp3) is 0.953. The van der Waals surface area contributed by atoms with Crippen LogP contribution in [0.3, 0.4) is 0 Å². The Morgan fingerprint density at radius 2 is 0.600 bits per heavy atom. The summed E-state index contributed by atoms with van der Waals surface area (Å²) in [6.45, 7) is 85.1. The second-order valence-corrected chi connectivity index (χ2v) is 30.0. The van der Waals surface area contributed by atoms with Crippen molar-refractivity contribution in [3.05, 3.63) is 23.8 Å². The molecule has 0 aromatic carbocycles. The van der Waals surface area contributed by atoms with Crippen molar-refractivity contribution in [2.24, 2.45) is 101 Å². The van der Waals surface area contributed by atoms with Gasteiger partial charge in [0.1, 0.15) is 0 Å². The Balaban J connectivity index is -0.0000000900. The predicted molar refractivity (Wildman–Crippen MR) is 412 cm³/mol. The summed E-state index contributed by atoms with van der Waals surface area (Å²) in [5, 5.41) is 0. The first-order valence-corrected chi connectivity index (χ1v) is 39.1. The Morgan fingerprint density at radius 3 is 0.718 bits per heavy atom. The van der Waals surface area contributed by atoms with Crippen LogP contribution < -0.4 is 0 Å². The van der Waals surface area contributed by atoms with Gasteiger partial charge in [-0.25, -0.2) is 0 Å². The van der Waals surface area contributed by atoms with Gasteiger partial charge in [0.25, 0.3) is 0 Å². The van der Waals surface area contributed by atoms with Gasteiger partial charge in [-0.2, -0.15) is 0 Å². The van der Waals surface area contributed by atoms with Gasteiger partial charge in [-0.05, 0) is 165 Å². The lowest BCUT2D eigenvalue weighted by atomic mass is 9.78. The van der Waals surface area contributed by atoms with E-state index < -0.39 is 0 Å². The van der Waals surface area contributed by atoms with Crippen molar-refractivity contribution >= 4 is 0 Å². The van der Waals surface area contributed by atoms with Crippen molar-refractivity contribution in [3.63, 3.8) is 0 Å². The van der Waals surface area contributed by atoms with E-state index in [0.717, 1.165) is 101 Å². The van der Waals surface area contributed by atoms with Crippen molar-refractivity contribution in [3.8, 4) is 0 Å². The van der Waals surface area contributed by atoms with Crippen LogP contribution in [0.15, 0.2) is 23.8 Å². The van der Waals surface area contributed by atoms with Gasteiger partial charge >= 0.3 is 0 Å². The molecule has 4 fully saturated rings. The van der Waals surface area contributed by atoms with Crippen LogP contribution in [-0.2, 0) is 0 Å². The lowest BCUT2D eigenvalue weighted by Crippen LogP contribution is -2.17. The fourth-order valence-electron chi connectivity index (χ4n) is 10.3. The first kappa shape index (κ1) is 106. The minimum atomic E-state index is 0.800. The average Bonchev–Trinajstić information content (AvgIpc) is 4.04. The van der Waals surface area contributed by atoms with E-state index >= 15 is 0 Å². The fourth-order valence-corrected chi connectivity index (χ4v) is 10.3. The third kappa shape index (κ3) is 99.9. The Labute approximate surface area is 551 Å². The van der Waals surface area contributed by atoms with Crippen molar-refractivity contribution < 1.29 is 0 Å². The Morgan fingerprint density at radius 1 is 0.353 bits per heavy atom. The summed E-state index contributed by atoms with van der Waals surface area (Å²) in [4.78, 5) is 0. The largest absolute Gasteiger partial charge is 0.0885 e. The monoisotopic (exact) mass is 1210 g/mol. The normalized spacial score (nSPS) is 25.3. The zero-order chi connectivity index (χ0) is 68.9. The predicted octanol–water partition coefficient (Wildman–Crippen LogP) is 32.7. The molecule has 0 nitrogen and oxygen atoms in total. The third-order valence-electron chi connectivity index (χ3n) is 17.1.